The van der Waals surface area contributed by atoms with Crippen molar-refractivity contribution in [1.29, 1.82) is 0 Å². The van der Waals surface area contributed by atoms with E-state index in [-0.39, 0.29) is 17.5 Å². The molecule has 0 fully saturated rings. The molecule has 1 heterocycles. The first-order valence-corrected chi connectivity index (χ1v) is 7.20. The van der Waals surface area contributed by atoms with Crippen LogP contribution >= 0.6 is 0 Å². The van der Waals surface area contributed by atoms with E-state index >= 15 is 0 Å². The van der Waals surface area contributed by atoms with E-state index in [9.17, 15) is 8.42 Å². The predicted molar refractivity (Wildman–Crippen MR) is 71.4 cm³/mol. The molecule has 0 amide bonds. The fourth-order valence-corrected chi connectivity index (χ4v) is 2.70. The number of hydrogen-bond acceptors (Lipinski definition) is 4. The lowest BCUT2D eigenvalue weighted by atomic mass is 10.1. The van der Waals surface area contributed by atoms with E-state index in [4.69, 9.17) is 9.52 Å². The maximum absolute atomic E-state index is 12.1. The van der Waals surface area contributed by atoms with E-state index < -0.39 is 10.0 Å². The summed E-state index contributed by atoms with van der Waals surface area (Å²) in [5.74, 6) is 0.210. The fraction of sp³-hybridized carbons (Fsp3) is 0.231. The maximum Gasteiger partial charge on any atom is 0.295 e. The predicted octanol–water partition coefficient (Wildman–Crippen LogP) is 2.19. The summed E-state index contributed by atoms with van der Waals surface area (Å²) in [6.07, 6.45) is 0. The van der Waals surface area contributed by atoms with Gasteiger partial charge in [-0.3, -0.25) is 4.72 Å². The molecule has 0 aliphatic rings. The Labute approximate surface area is 111 Å². The highest BCUT2D eigenvalue weighted by Gasteiger charge is 2.19. The Kier molecular flexibility index (Phi) is 3.64. The minimum Gasteiger partial charge on any atom is -0.445 e. The van der Waals surface area contributed by atoms with Crippen molar-refractivity contribution in [2.24, 2.45) is 0 Å². The molecule has 2 N–H and O–H groups in total. The third-order valence-electron chi connectivity index (χ3n) is 2.70. The van der Waals surface area contributed by atoms with Gasteiger partial charge in [-0.1, -0.05) is 12.1 Å². The van der Waals surface area contributed by atoms with Crippen molar-refractivity contribution < 1.29 is 17.9 Å². The third-order valence-corrected chi connectivity index (χ3v) is 3.93. The van der Waals surface area contributed by atoms with Crippen LogP contribution in [0.3, 0.4) is 0 Å². The van der Waals surface area contributed by atoms with Crippen molar-refractivity contribution in [3.05, 3.63) is 47.2 Å². The second-order valence-corrected chi connectivity index (χ2v) is 5.92. The minimum atomic E-state index is -3.77. The molecule has 19 heavy (non-hydrogen) atoms. The first kappa shape index (κ1) is 13.6. The molecular weight excluding hydrogens is 266 g/mol. The van der Waals surface area contributed by atoms with Crippen molar-refractivity contribution in [2.45, 2.75) is 25.5 Å². The molecule has 0 atom stereocenters. The Morgan fingerprint density at radius 3 is 2.58 bits per heavy atom. The number of hydrogen-bond donors (Lipinski definition) is 2. The van der Waals surface area contributed by atoms with Crippen LogP contribution in [0.25, 0.3) is 0 Å². The molecule has 2 rings (SSSR count). The Morgan fingerprint density at radius 2 is 1.95 bits per heavy atom. The molecule has 0 aliphatic carbocycles. The number of furan rings is 1. The maximum atomic E-state index is 12.1. The summed E-state index contributed by atoms with van der Waals surface area (Å²) in [7, 11) is -3.77. The molecule has 1 aromatic heterocycles. The van der Waals surface area contributed by atoms with E-state index in [1.807, 2.05) is 26.0 Å². The molecular formula is C13H15NO4S. The topological polar surface area (TPSA) is 79.5 Å². The van der Waals surface area contributed by atoms with Gasteiger partial charge in [-0.25, -0.2) is 0 Å². The summed E-state index contributed by atoms with van der Waals surface area (Å²) < 4.78 is 31.7. The Hall–Kier alpha value is -1.79. The van der Waals surface area contributed by atoms with E-state index in [1.165, 1.54) is 12.1 Å². The van der Waals surface area contributed by atoms with Gasteiger partial charge in [-0.15, -0.1) is 0 Å². The fourth-order valence-electron chi connectivity index (χ4n) is 1.63. The zero-order valence-corrected chi connectivity index (χ0v) is 11.5. The average Bonchev–Trinajstić information content (AvgIpc) is 2.83. The van der Waals surface area contributed by atoms with Gasteiger partial charge in [0.15, 0.2) is 0 Å². The average molecular weight is 281 g/mol. The van der Waals surface area contributed by atoms with Gasteiger partial charge in [0, 0.05) is 0 Å². The number of aryl methyl sites for hydroxylation is 2. The van der Waals surface area contributed by atoms with Crippen LogP contribution in [-0.2, 0) is 16.6 Å². The molecule has 0 bridgehead atoms. The molecule has 0 saturated heterocycles. The van der Waals surface area contributed by atoms with Gasteiger partial charge < -0.3 is 9.52 Å². The van der Waals surface area contributed by atoms with Crippen molar-refractivity contribution in [3.8, 4) is 0 Å². The Bertz CT molecular complexity index is 688. The highest BCUT2D eigenvalue weighted by molar-refractivity contribution is 7.92. The second-order valence-electron chi connectivity index (χ2n) is 4.30. The SMILES string of the molecule is Cc1ccc(C)c(NS(=O)(=O)c2ccc(CO)o2)c1. The highest BCUT2D eigenvalue weighted by atomic mass is 32.2. The summed E-state index contributed by atoms with van der Waals surface area (Å²) in [6.45, 7) is 3.37. The van der Waals surface area contributed by atoms with Crippen molar-refractivity contribution in [2.75, 3.05) is 4.72 Å². The minimum absolute atomic E-state index is 0.210. The second kappa shape index (κ2) is 5.07. The van der Waals surface area contributed by atoms with Crippen LogP contribution in [-0.4, -0.2) is 13.5 Å². The standard InChI is InChI=1S/C13H15NO4S/c1-9-3-4-10(2)12(7-9)14-19(16,17)13-6-5-11(8-15)18-13/h3-7,14-15H,8H2,1-2H3. The molecule has 0 saturated carbocycles. The first-order chi connectivity index (χ1) is 8.92. The zero-order valence-electron chi connectivity index (χ0n) is 10.7. The largest absolute Gasteiger partial charge is 0.445 e. The summed E-state index contributed by atoms with van der Waals surface area (Å²) in [5.41, 5.74) is 2.30. The summed E-state index contributed by atoms with van der Waals surface area (Å²) >= 11 is 0. The molecule has 5 nitrogen and oxygen atoms in total. The van der Waals surface area contributed by atoms with Crippen LogP contribution < -0.4 is 4.72 Å². The van der Waals surface area contributed by atoms with Crippen LogP contribution in [0.4, 0.5) is 5.69 Å². The number of rotatable bonds is 4. The van der Waals surface area contributed by atoms with Gasteiger partial charge >= 0.3 is 0 Å². The quantitative estimate of drug-likeness (QED) is 0.900. The van der Waals surface area contributed by atoms with Gasteiger partial charge in [-0.2, -0.15) is 8.42 Å². The van der Waals surface area contributed by atoms with E-state index in [0.717, 1.165) is 11.1 Å². The smallest absolute Gasteiger partial charge is 0.295 e. The molecule has 0 aliphatic heterocycles. The van der Waals surface area contributed by atoms with E-state index in [1.54, 1.807) is 6.07 Å². The molecule has 6 heteroatoms. The van der Waals surface area contributed by atoms with Gasteiger partial charge in [0.1, 0.15) is 12.4 Å². The first-order valence-electron chi connectivity index (χ1n) is 5.72. The lowest BCUT2D eigenvalue weighted by Gasteiger charge is -2.09. The molecule has 0 unspecified atom stereocenters. The lowest BCUT2D eigenvalue weighted by molar-refractivity contribution is 0.236. The summed E-state index contributed by atoms with van der Waals surface area (Å²) in [5, 5.41) is 8.67. The Morgan fingerprint density at radius 1 is 1.21 bits per heavy atom. The molecule has 0 radical (unpaired) electrons. The molecule has 2 aromatic rings. The van der Waals surface area contributed by atoms with Crippen LogP contribution in [0.1, 0.15) is 16.9 Å². The van der Waals surface area contributed by atoms with Gasteiger partial charge in [0.2, 0.25) is 5.09 Å². The lowest BCUT2D eigenvalue weighted by Crippen LogP contribution is -2.13. The third kappa shape index (κ3) is 2.97. The van der Waals surface area contributed by atoms with E-state index in [2.05, 4.69) is 4.72 Å². The number of aliphatic hydroxyl groups excluding tert-OH is 1. The van der Waals surface area contributed by atoms with Crippen molar-refractivity contribution in [1.82, 2.24) is 0 Å². The van der Waals surface area contributed by atoms with Crippen LogP contribution in [0.15, 0.2) is 39.8 Å². The van der Waals surface area contributed by atoms with Crippen LogP contribution in [0.2, 0.25) is 0 Å². The molecule has 102 valence electrons. The van der Waals surface area contributed by atoms with Crippen molar-refractivity contribution in [3.63, 3.8) is 0 Å². The zero-order chi connectivity index (χ0) is 14.0. The van der Waals surface area contributed by atoms with Crippen LogP contribution in [0, 0.1) is 13.8 Å². The number of aliphatic hydroxyl groups is 1. The number of nitrogens with one attached hydrogen (secondary N) is 1. The molecule has 1 aromatic carbocycles. The summed E-state index contributed by atoms with van der Waals surface area (Å²) in [4.78, 5) is 0. The summed E-state index contributed by atoms with van der Waals surface area (Å²) in [6, 6.07) is 8.25. The number of benzene rings is 1. The van der Waals surface area contributed by atoms with Gasteiger partial charge in [0.25, 0.3) is 10.0 Å². The monoisotopic (exact) mass is 281 g/mol. The van der Waals surface area contributed by atoms with Gasteiger partial charge in [-0.05, 0) is 43.2 Å². The highest BCUT2D eigenvalue weighted by Crippen LogP contribution is 2.22. The van der Waals surface area contributed by atoms with Crippen molar-refractivity contribution >= 4 is 15.7 Å². The van der Waals surface area contributed by atoms with Crippen LogP contribution in [0.5, 0.6) is 0 Å². The van der Waals surface area contributed by atoms with E-state index in [0.29, 0.717) is 5.69 Å². The Balaban J connectivity index is 2.33. The molecule has 0 spiro atoms. The normalized spacial score (nSPS) is 11.5. The van der Waals surface area contributed by atoms with Gasteiger partial charge in [0.05, 0.1) is 5.69 Å². The number of anilines is 1. The number of sulfonamides is 1.